The Morgan fingerprint density at radius 1 is 1.37 bits per heavy atom. The van der Waals surface area contributed by atoms with E-state index in [1.54, 1.807) is 12.1 Å². The molecule has 7 heteroatoms. The third kappa shape index (κ3) is 4.66. The highest BCUT2D eigenvalue weighted by Gasteiger charge is 2.04. The molecule has 0 saturated carbocycles. The Bertz CT molecular complexity index is 539. The second-order valence-electron chi connectivity index (χ2n) is 3.83. The van der Waals surface area contributed by atoms with Gasteiger partial charge in [0.2, 0.25) is 6.33 Å². The number of imidazole rings is 1. The normalized spacial score (nSPS) is 9.53. The first-order chi connectivity index (χ1) is 8.63. The zero-order valence-electron chi connectivity index (χ0n) is 9.81. The molecule has 1 heterocycles. The van der Waals surface area contributed by atoms with Crippen LogP contribution in [-0.2, 0) is 18.5 Å². The number of aromatic nitrogens is 2. The first kappa shape index (κ1) is 15.1. The molecule has 0 radical (unpaired) electrons. The van der Waals surface area contributed by atoms with Crippen molar-refractivity contribution in [2.75, 3.05) is 0 Å². The van der Waals surface area contributed by atoms with Gasteiger partial charge in [-0.3, -0.25) is 4.89 Å². The molecule has 100 valence electrons. The van der Waals surface area contributed by atoms with Crippen molar-refractivity contribution in [3.63, 3.8) is 0 Å². The van der Waals surface area contributed by atoms with E-state index in [0.29, 0.717) is 5.75 Å². The van der Waals surface area contributed by atoms with Gasteiger partial charge in [-0.15, -0.1) is 0 Å². The van der Waals surface area contributed by atoms with Gasteiger partial charge in [0.15, 0.2) is 23.1 Å². The molecular formula is C12H16AlN2O4+. The lowest BCUT2D eigenvalue weighted by Gasteiger charge is -2.02. The van der Waals surface area contributed by atoms with Crippen LogP contribution in [-0.4, -0.2) is 33.2 Å². The molecule has 0 aliphatic rings. The van der Waals surface area contributed by atoms with Crippen LogP contribution >= 0.6 is 0 Å². The Morgan fingerprint density at radius 2 is 2.05 bits per heavy atom. The Balaban J connectivity index is 0.00000180. The molecule has 0 bridgehead atoms. The van der Waals surface area contributed by atoms with E-state index < -0.39 is 6.16 Å². The summed E-state index contributed by atoms with van der Waals surface area (Å²) in [5.74, 6) is 0.346. The van der Waals surface area contributed by atoms with Crippen LogP contribution in [0, 0.1) is 0 Å². The first-order valence-electron chi connectivity index (χ1n) is 5.31. The predicted molar refractivity (Wildman–Crippen MR) is 70.8 cm³/mol. The van der Waals surface area contributed by atoms with E-state index in [0.717, 1.165) is 12.1 Å². The van der Waals surface area contributed by atoms with Gasteiger partial charge in [-0.25, -0.2) is 18.8 Å². The molecule has 0 atom stereocenters. The van der Waals surface area contributed by atoms with Crippen molar-refractivity contribution in [3.05, 3.63) is 48.5 Å². The maximum atomic E-state index is 10.1. The lowest BCUT2D eigenvalue weighted by Crippen LogP contribution is -2.31. The molecule has 1 N–H and O–H groups in total. The first-order valence-corrected chi connectivity index (χ1v) is 5.31. The minimum atomic E-state index is -1.47. The zero-order valence-corrected chi connectivity index (χ0v) is 9.81. The number of hydrogen-bond acceptors (Lipinski definition) is 3. The summed E-state index contributed by atoms with van der Waals surface area (Å²) in [5.41, 5.74) is 1.08. The molecule has 2 rings (SSSR count). The summed E-state index contributed by atoms with van der Waals surface area (Å²) in [5, 5.41) is 8.27. The lowest BCUT2D eigenvalue weighted by atomic mass is 10.2. The fourth-order valence-corrected chi connectivity index (χ4v) is 1.54. The number of aryl methyl sites for hydroxylation is 1. The molecule has 0 saturated heterocycles. The van der Waals surface area contributed by atoms with E-state index in [4.69, 9.17) is 5.11 Å². The van der Waals surface area contributed by atoms with Crippen molar-refractivity contribution in [2.45, 2.75) is 6.54 Å². The van der Waals surface area contributed by atoms with Crippen molar-refractivity contribution in [3.8, 4) is 5.75 Å². The monoisotopic (exact) mass is 279 g/mol. The molecule has 0 spiro atoms. The van der Waals surface area contributed by atoms with Crippen LogP contribution in [0.25, 0.3) is 0 Å². The quantitative estimate of drug-likeness (QED) is 0.375. The van der Waals surface area contributed by atoms with Gasteiger partial charge >= 0.3 is 6.16 Å². The van der Waals surface area contributed by atoms with E-state index in [9.17, 15) is 4.79 Å². The average Bonchev–Trinajstić information content (AvgIpc) is 2.74. The van der Waals surface area contributed by atoms with Gasteiger partial charge in [-0.05, 0) is 17.7 Å². The highest BCUT2D eigenvalue weighted by atomic mass is 27.0. The van der Waals surface area contributed by atoms with Crippen molar-refractivity contribution in [1.29, 1.82) is 0 Å². The maximum absolute atomic E-state index is 10.1. The van der Waals surface area contributed by atoms with Crippen LogP contribution < -0.4 is 9.45 Å². The molecule has 6 nitrogen and oxygen atoms in total. The van der Waals surface area contributed by atoms with Gasteiger partial charge < -0.3 is 5.11 Å². The van der Waals surface area contributed by atoms with Gasteiger partial charge in [-0.1, -0.05) is 12.1 Å². The smallest absolute Gasteiger partial charge is 0.447 e. The summed E-state index contributed by atoms with van der Waals surface area (Å²) in [7, 11) is 1.96. The Hall–Kier alpha value is -1.97. The SMILES string of the molecule is Cn1cc[n+](Cc2ccc(OOC(=O)O)cc2)c1.[AlH3]. The zero-order chi connectivity index (χ0) is 13.0. The summed E-state index contributed by atoms with van der Waals surface area (Å²) in [6.45, 7) is 0.737. The van der Waals surface area contributed by atoms with Crippen LogP contribution in [0.5, 0.6) is 5.75 Å². The molecule has 0 aliphatic carbocycles. The number of hydrogen-bond donors (Lipinski definition) is 1. The Kier molecular flexibility index (Phi) is 5.42. The maximum Gasteiger partial charge on any atom is 0.547 e. The van der Waals surface area contributed by atoms with Crippen molar-refractivity contribution >= 4 is 23.5 Å². The summed E-state index contributed by atoms with van der Waals surface area (Å²) in [6.07, 6.45) is 4.42. The molecule has 1 aromatic heterocycles. The largest absolute Gasteiger partial charge is 0.547 e. The van der Waals surface area contributed by atoms with Crippen molar-refractivity contribution in [1.82, 2.24) is 4.57 Å². The van der Waals surface area contributed by atoms with Crippen LogP contribution in [0.3, 0.4) is 0 Å². The number of nitrogens with zero attached hydrogens (tertiary/aromatic N) is 2. The minimum absolute atomic E-state index is 0. The van der Waals surface area contributed by atoms with Crippen LogP contribution in [0.4, 0.5) is 4.79 Å². The summed E-state index contributed by atoms with van der Waals surface area (Å²) in [6, 6.07) is 7.00. The van der Waals surface area contributed by atoms with Crippen LogP contribution in [0.15, 0.2) is 43.0 Å². The number of carboxylic acid groups (broad SMARTS) is 1. The Morgan fingerprint density at radius 3 is 2.58 bits per heavy atom. The average molecular weight is 279 g/mol. The lowest BCUT2D eigenvalue weighted by molar-refractivity contribution is -0.687. The molecule has 19 heavy (non-hydrogen) atoms. The summed E-state index contributed by atoms with van der Waals surface area (Å²) >= 11 is 0. The highest BCUT2D eigenvalue weighted by Crippen LogP contribution is 2.12. The van der Waals surface area contributed by atoms with Crippen molar-refractivity contribution in [2.24, 2.45) is 7.05 Å². The number of benzene rings is 1. The molecule has 0 unspecified atom stereocenters. The number of carbonyl (C=O) groups is 1. The fraction of sp³-hybridized carbons (Fsp3) is 0.167. The van der Waals surface area contributed by atoms with E-state index in [2.05, 4.69) is 9.78 Å². The number of rotatable bonds is 4. The highest BCUT2D eigenvalue weighted by molar-refractivity contribution is 5.75. The third-order valence-electron chi connectivity index (χ3n) is 2.32. The van der Waals surface area contributed by atoms with E-state index in [1.165, 1.54) is 0 Å². The molecule has 1 aromatic carbocycles. The van der Waals surface area contributed by atoms with Gasteiger partial charge in [-0.2, -0.15) is 0 Å². The molecule has 0 aliphatic heterocycles. The fourth-order valence-electron chi connectivity index (χ4n) is 1.54. The van der Waals surface area contributed by atoms with Gasteiger partial charge in [0, 0.05) is 0 Å². The standard InChI is InChI=1S/C12H12N2O4.Al.3H/c1-13-6-7-14(9-13)8-10-2-4-11(5-3-10)17-18-12(15)16;;;;/h2-7,9H,8H2,1H3;;;;/p+1. The summed E-state index contributed by atoms with van der Waals surface area (Å²) in [4.78, 5) is 18.7. The molecular weight excluding hydrogens is 263 g/mol. The van der Waals surface area contributed by atoms with Crippen LogP contribution in [0.1, 0.15) is 5.56 Å². The minimum Gasteiger partial charge on any atom is -0.447 e. The van der Waals surface area contributed by atoms with Gasteiger partial charge in [0.25, 0.3) is 0 Å². The van der Waals surface area contributed by atoms with Gasteiger partial charge in [0.1, 0.15) is 18.9 Å². The van der Waals surface area contributed by atoms with E-state index in [1.807, 2.05) is 47.0 Å². The molecule has 0 amide bonds. The second-order valence-corrected chi connectivity index (χ2v) is 3.83. The Labute approximate surface area is 120 Å². The van der Waals surface area contributed by atoms with Crippen LogP contribution in [0.2, 0.25) is 0 Å². The van der Waals surface area contributed by atoms with Crippen molar-refractivity contribution < 1.29 is 24.2 Å². The van der Waals surface area contributed by atoms with E-state index >= 15 is 0 Å². The molecule has 0 fully saturated rings. The van der Waals surface area contributed by atoms with Gasteiger partial charge in [0.05, 0.1) is 7.05 Å². The third-order valence-corrected chi connectivity index (χ3v) is 2.32. The second kappa shape index (κ2) is 6.83. The molecule has 2 aromatic rings. The predicted octanol–water partition coefficient (Wildman–Crippen LogP) is 0.165. The topological polar surface area (TPSA) is 64.6 Å². The van der Waals surface area contributed by atoms with E-state index in [-0.39, 0.29) is 17.4 Å². The summed E-state index contributed by atoms with van der Waals surface area (Å²) < 4.78 is 3.99.